The number of benzene rings is 3. The largest absolute Gasteiger partial charge is 0.486 e. The van der Waals surface area contributed by atoms with E-state index in [2.05, 4.69) is 13.8 Å². The maximum Gasteiger partial charge on any atom is 0.259 e. The second-order valence-corrected chi connectivity index (χ2v) is 9.30. The first kappa shape index (κ1) is 22.7. The highest BCUT2D eigenvalue weighted by molar-refractivity contribution is 6.38. The lowest BCUT2D eigenvalue weighted by Gasteiger charge is -2.19. The molecule has 0 bridgehead atoms. The van der Waals surface area contributed by atoms with Gasteiger partial charge in [-0.05, 0) is 41.8 Å². The lowest BCUT2D eigenvalue weighted by Crippen LogP contribution is -2.30. The number of halogens is 3. The zero-order valence-electron chi connectivity index (χ0n) is 17.7. The fraction of sp³-hybridized carbons (Fsp3) is 0.192. The molecule has 0 unspecified atom stereocenters. The fourth-order valence-electron chi connectivity index (χ4n) is 3.73. The summed E-state index contributed by atoms with van der Waals surface area (Å²) in [5.74, 6) is 0.714. The molecule has 32 heavy (non-hydrogen) atoms. The maximum absolute atomic E-state index is 13.2. The highest BCUT2D eigenvalue weighted by Gasteiger charge is 2.32. The van der Waals surface area contributed by atoms with E-state index in [9.17, 15) is 4.79 Å². The van der Waals surface area contributed by atoms with Gasteiger partial charge in [0.15, 0.2) is 5.75 Å². The molecule has 0 saturated carbocycles. The summed E-state index contributed by atoms with van der Waals surface area (Å²) >= 11 is 19.2. The minimum absolute atomic E-state index is 0.0220. The van der Waals surface area contributed by atoms with Crippen molar-refractivity contribution >= 4 is 58.0 Å². The third-order valence-corrected chi connectivity index (χ3v) is 6.10. The molecule has 6 heteroatoms. The first-order valence-electron chi connectivity index (χ1n) is 10.3. The van der Waals surface area contributed by atoms with Crippen LogP contribution in [0, 0.1) is 5.92 Å². The van der Waals surface area contributed by atoms with Gasteiger partial charge in [-0.1, -0.05) is 85.0 Å². The molecule has 1 amide bonds. The van der Waals surface area contributed by atoms with Crippen molar-refractivity contribution in [1.82, 2.24) is 0 Å². The second kappa shape index (κ2) is 9.58. The van der Waals surface area contributed by atoms with Gasteiger partial charge in [0.1, 0.15) is 6.61 Å². The minimum atomic E-state index is -0.0220. The molecule has 1 aliphatic heterocycles. The van der Waals surface area contributed by atoms with Crippen LogP contribution in [-0.4, -0.2) is 12.5 Å². The van der Waals surface area contributed by atoms with Crippen molar-refractivity contribution in [2.45, 2.75) is 20.5 Å². The molecule has 164 valence electrons. The first-order valence-corrected chi connectivity index (χ1v) is 11.5. The lowest BCUT2D eigenvalue weighted by molar-refractivity contribution is -0.113. The molecule has 3 aromatic rings. The molecule has 4 rings (SSSR count). The van der Waals surface area contributed by atoms with Crippen molar-refractivity contribution in [3.8, 4) is 5.75 Å². The summed E-state index contributed by atoms with van der Waals surface area (Å²) in [4.78, 5) is 15.0. The molecule has 0 spiro atoms. The summed E-state index contributed by atoms with van der Waals surface area (Å²) in [5, 5.41) is 1.36. The number of para-hydroxylation sites is 1. The van der Waals surface area contributed by atoms with E-state index in [-0.39, 0.29) is 12.5 Å². The van der Waals surface area contributed by atoms with Gasteiger partial charge in [-0.3, -0.25) is 4.79 Å². The van der Waals surface area contributed by atoms with Crippen LogP contribution in [0.1, 0.15) is 30.5 Å². The minimum Gasteiger partial charge on any atom is -0.486 e. The van der Waals surface area contributed by atoms with Crippen LogP contribution in [0.25, 0.3) is 11.6 Å². The number of carbonyl (C=O) groups is 1. The van der Waals surface area contributed by atoms with Crippen molar-refractivity contribution in [3.63, 3.8) is 0 Å². The molecule has 3 nitrogen and oxygen atoms in total. The van der Waals surface area contributed by atoms with Gasteiger partial charge in [-0.25, -0.2) is 0 Å². The Kier molecular flexibility index (Phi) is 6.80. The van der Waals surface area contributed by atoms with Gasteiger partial charge in [-0.15, -0.1) is 0 Å². The van der Waals surface area contributed by atoms with Crippen molar-refractivity contribution in [3.05, 3.63) is 92.4 Å². The molecular weight excluding hydrogens is 465 g/mol. The van der Waals surface area contributed by atoms with Gasteiger partial charge in [0.2, 0.25) is 0 Å². The van der Waals surface area contributed by atoms with Gasteiger partial charge in [-0.2, -0.15) is 0 Å². The number of hydrogen-bond acceptors (Lipinski definition) is 2. The van der Waals surface area contributed by atoms with Crippen LogP contribution >= 0.6 is 34.8 Å². The Morgan fingerprint density at radius 1 is 0.938 bits per heavy atom. The smallest absolute Gasteiger partial charge is 0.259 e. The quantitative estimate of drug-likeness (QED) is 0.333. The Morgan fingerprint density at radius 3 is 2.28 bits per heavy atom. The van der Waals surface area contributed by atoms with E-state index in [1.165, 1.54) is 0 Å². The highest BCUT2D eigenvalue weighted by Crippen LogP contribution is 2.40. The average molecular weight is 487 g/mol. The van der Waals surface area contributed by atoms with Crippen LogP contribution in [0.15, 0.2) is 60.7 Å². The molecule has 0 atom stereocenters. The van der Waals surface area contributed by atoms with Crippen molar-refractivity contribution < 1.29 is 9.53 Å². The standard InChI is InChI=1S/C26H22Cl3NO2/c1-16(2)14-30-24-10-6-4-8-19(24)20(26(30)31)11-17-12-22(28)25(23(29)13-17)32-15-18-7-3-5-9-21(18)27/h3-13,16H,14-15H2,1-2H3/b20-11-. The van der Waals surface area contributed by atoms with E-state index >= 15 is 0 Å². The van der Waals surface area contributed by atoms with Crippen LogP contribution in [0.3, 0.4) is 0 Å². The number of nitrogens with zero attached hydrogens (tertiary/aromatic N) is 1. The predicted octanol–water partition coefficient (Wildman–Crippen LogP) is 7.77. The number of carbonyl (C=O) groups excluding carboxylic acids is 1. The summed E-state index contributed by atoms with van der Waals surface area (Å²) < 4.78 is 5.85. The van der Waals surface area contributed by atoms with Gasteiger partial charge in [0, 0.05) is 28.3 Å². The number of fused-ring (bicyclic) bond motifs is 1. The average Bonchev–Trinajstić information content (AvgIpc) is 3.00. The molecule has 1 heterocycles. The molecular formula is C26H22Cl3NO2. The number of amides is 1. The van der Waals surface area contributed by atoms with E-state index in [1.54, 1.807) is 18.2 Å². The number of rotatable bonds is 6. The summed E-state index contributed by atoms with van der Waals surface area (Å²) in [6.45, 7) is 5.09. The molecule has 0 aromatic heterocycles. The van der Waals surface area contributed by atoms with E-state index in [0.29, 0.717) is 38.9 Å². The summed E-state index contributed by atoms with van der Waals surface area (Å²) in [5.41, 5.74) is 4.03. The Morgan fingerprint density at radius 2 is 1.59 bits per heavy atom. The molecule has 3 aromatic carbocycles. The monoisotopic (exact) mass is 485 g/mol. The second-order valence-electron chi connectivity index (χ2n) is 8.08. The van der Waals surface area contributed by atoms with E-state index in [4.69, 9.17) is 39.5 Å². The zero-order chi connectivity index (χ0) is 22.8. The van der Waals surface area contributed by atoms with E-state index in [1.807, 2.05) is 53.4 Å². The topological polar surface area (TPSA) is 29.5 Å². The predicted molar refractivity (Wildman–Crippen MR) is 134 cm³/mol. The third kappa shape index (κ3) is 4.66. The normalized spacial score (nSPS) is 14.4. The van der Waals surface area contributed by atoms with Crippen LogP contribution in [-0.2, 0) is 11.4 Å². The SMILES string of the molecule is CC(C)CN1C(=O)/C(=C\c2cc(Cl)c(OCc3ccccc3Cl)c(Cl)c2)c2ccccc21. The Hall–Kier alpha value is -2.46. The van der Waals surface area contributed by atoms with E-state index in [0.717, 1.165) is 22.4 Å². The number of hydrogen-bond donors (Lipinski definition) is 0. The number of ether oxygens (including phenoxy) is 1. The van der Waals surface area contributed by atoms with Crippen molar-refractivity contribution in [2.24, 2.45) is 5.92 Å². The van der Waals surface area contributed by atoms with Gasteiger partial charge >= 0.3 is 0 Å². The zero-order valence-corrected chi connectivity index (χ0v) is 20.0. The first-order chi connectivity index (χ1) is 15.3. The Balaban J connectivity index is 1.63. The molecule has 0 aliphatic carbocycles. The summed E-state index contributed by atoms with van der Waals surface area (Å²) in [7, 11) is 0. The Labute approximate surface area is 203 Å². The van der Waals surface area contributed by atoms with Crippen LogP contribution in [0.2, 0.25) is 15.1 Å². The highest BCUT2D eigenvalue weighted by atomic mass is 35.5. The van der Waals surface area contributed by atoms with Gasteiger partial charge in [0.25, 0.3) is 5.91 Å². The molecule has 0 saturated heterocycles. The third-order valence-electron chi connectivity index (χ3n) is 5.17. The van der Waals surface area contributed by atoms with Crippen LogP contribution in [0.5, 0.6) is 5.75 Å². The van der Waals surface area contributed by atoms with Crippen molar-refractivity contribution in [1.29, 1.82) is 0 Å². The molecule has 0 N–H and O–H groups in total. The number of anilines is 1. The summed E-state index contributed by atoms with van der Waals surface area (Å²) in [6.07, 6.45) is 1.83. The Bertz CT molecular complexity index is 1180. The van der Waals surface area contributed by atoms with Crippen LogP contribution in [0.4, 0.5) is 5.69 Å². The molecule has 1 aliphatic rings. The fourth-order valence-corrected chi connectivity index (χ4v) is 4.53. The lowest BCUT2D eigenvalue weighted by atomic mass is 10.0. The molecule has 0 fully saturated rings. The van der Waals surface area contributed by atoms with Crippen LogP contribution < -0.4 is 9.64 Å². The van der Waals surface area contributed by atoms with Crippen molar-refractivity contribution in [2.75, 3.05) is 11.4 Å². The maximum atomic E-state index is 13.2. The summed E-state index contributed by atoms with van der Waals surface area (Å²) in [6, 6.07) is 18.8. The molecule has 0 radical (unpaired) electrons. The van der Waals surface area contributed by atoms with Gasteiger partial charge < -0.3 is 9.64 Å². The van der Waals surface area contributed by atoms with Gasteiger partial charge in [0.05, 0.1) is 15.7 Å². The van der Waals surface area contributed by atoms with E-state index < -0.39 is 0 Å².